The molecule has 1 amide bonds. The highest BCUT2D eigenvalue weighted by Gasteiger charge is 2.27. The van der Waals surface area contributed by atoms with Crippen molar-refractivity contribution in [2.45, 2.75) is 6.54 Å². The molecule has 0 N–H and O–H groups in total. The molecule has 10 heteroatoms. The summed E-state index contributed by atoms with van der Waals surface area (Å²) in [6, 6.07) is 8.99. The van der Waals surface area contributed by atoms with E-state index in [9.17, 15) is 19.3 Å². The highest BCUT2D eigenvalue weighted by Crippen LogP contribution is 2.38. The van der Waals surface area contributed by atoms with Crippen molar-refractivity contribution in [3.8, 4) is 0 Å². The fraction of sp³-hybridized carbons (Fsp3) is 0.250. The van der Waals surface area contributed by atoms with Crippen molar-refractivity contribution in [3.05, 3.63) is 72.8 Å². The molecule has 0 spiro atoms. The number of benzene rings is 2. The molecule has 30 heavy (non-hydrogen) atoms. The molecule has 1 saturated heterocycles. The largest absolute Gasteiger partial charge is 0.335 e. The summed E-state index contributed by atoms with van der Waals surface area (Å²) in [5.74, 6) is -0.542. The zero-order chi connectivity index (χ0) is 21.4. The number of nitrogens with zero attached hydrogens (tertiary/aromatic N) is 3. The van der Waals surface area contributed by atoms with Crippen LogP contribution in [0.25, 0.3) is 10.1 Å². The predicted octanol–water partition coefficient (Wildman–Crippen LogP) is 5.21. The second kappa shape index (κ2) is 8.47. The van der Waals surface area contributed by atoms with Crippen LogP contribution in [0.2, 0.25) is 10.0 Å². The van der Waals surface area contributed by atoms with Crippen molar-refractivity contribution >= 4 is 56.2 Å². The third-order valence-electron chi connectivity index (χ3n) is 5.12. The Labute approximate surface area is 185 Å². The van der Waals surface area contributed by atoms with E-state index in [-0.39, 0.29) is 17.4 Å². The van der Waals surface area contributed by atoms with Crippen molar-refractivity contribution in [3.63, 3.8) is 0 Å². The van der Waals surface area contributed by atoms with Gasteiger partial charge in [0.15, 0.2) is 0 Å². The van der Waals surface area contributed by atoms with Gasteiger partial charge in [0.2, 0.25) is 0 Å². The Hall–Kier alpha value is -2.26. The number of carbonyl (C=O) groups is 1. The minimum Gasteiger partial charge on any atom is -0.335 e. The highest BCUT2D eigenvalue weighted by atomic mass is 35.5. The van der Waals surface area contributed by atoms with Crippen molar-refractivity contribution in [2.24, 2.45) is 0 Å². The average Bonchev–Trinajstić information content (AvgIpc) is 3.06. The molecular weight excluding hydrogens is 452 g/mol. The molecule has 6 nitrogen and oxygen atoms in total. The molecule has 4 rings (SSSR count). The van der Waals surface area contributed by atoms with Crippen LogP contribution in [-0.4, -0.2) is 46.8 Å². The third-order valence-corrected chi connectivity index (χ3v) is 7.12. The standard InChI is InChI=1S/C20H16Cl2FN3O3S/c21-15-2-1-3-16(23)14(15)11-24-6-8-25(9-7-24)20(27)19-18(22)13-5-4-12(26(28)29)10-17(13)30-19/h1-5,10H,6-9,11H2. The molecule has 1 aliphatic heterocycles. The van der Waals surface area contributed by atoms with E-state index in [1.165, 1.54) is 18.2 Å². The van der Waals surface area contributed by atoms with Gasteiger partial charge in [-0.15, -0.1) is 11.3 Å². The predicted molar refractivity (Wildman–Crippen MR) is 116 cm³/mol. The van der Waals surface area contributed by atoms with E-state index in [1.807, 2.05) is 4.90 Å². The number of nitro groups is 1. The zero-order valence-corrected chi connectivity index (χ0v) is 17.9. The lowest BCUT2D eigenvalue weighted by Crippen LogP contribution is -2.48. The highest BCUT2D eigenvalue weighted by molar-refractivity contribution is 7.21. The Bertz CT molecular complexity index is 1130. The van der Waals surface area contributed by atoms with E-state index in [0.29, 0.717) is 63.3 Å². The summed E-state index contributed by atoms with van der Waals surface area (Å²) in [5, 5.41) is 12.3. The molecule has 156 valence electrons. The first-order chi connectivity index (χ1) is 14.3. The maximum Gasteiger partial charge on any atom is 0.270 e. The van der Waals surface area contributed by atoms with E-state index in [1.54, 1.807) is 23.1 Å². The molecule has 1 aliphatic rings. The second-order valence-corrected chi connectivity index (χ2v) is 8.79. The van der Waals surface area contributed by atoms with Crippen LogP contribution in [0.5, 0.6) is 0 Å². The summed E-state index contributed by atoms with van der Waals surface area (Å²) >= 11 is 13.7. The van der Waals surface area contributed by atoms with Crippen LogP contribution in [0.3, 0.4) is 0 Å². The van der Waals surface area contributed by atoms with E-state index in [0.717, 1.165) is 11.3 Å². The van der Waals surface area contributed by atoms with Crippen molar-refractivity contribution in [1.29, 1.82) is 0 Å². The van der Waals surface area contributed by atoms with Crippen LogP contribution >= 0.6 is 34.5 Å². The summed E-state index contributed by atoms with van der Waals surface area (Å²) in [6.07, 6.45) is 0. The van der Waals surface area contributed by atoms with Gasteiger partial charge in [-0.3, -0.25) is 19.8 Å². The van der Waals surface area contributed by atoms with Crippen LogP contribution in [-0.2, 0) is 6.54 Å². The number of fused-ring (bicyclic) bond motifs is 1. The Morgan fingerprint density at radius 1 is 1.17 bits per heavy atom. The molecule has 0 atom stereocenters. The van der Waals surface area contributed by atoms with Gasteiger partial charge in [-0.25, -0.2) is 4.39 Å². The third kappa shape index (κ3) is 4.00. The summed E-state index contributed by atoms with van der Waals surface area (Å²) in [7, 11) is 0. The van der Waals surface area contributed by atoms with Crippen LogP contribution in [0.15, 0.2) is 36.4 Å². The molecule has 2 aromatic carbocycles. The monoisotopic (exact) mass is 467 g/mol. The van der Waals surface area contributed by atoms with E-state index in [4.69, 9.17) is 23.2 Å². The van der Waals surface area contributed by atoms with Crippen molar-refractivity contribution in [1.82, 2.24) is 9.80 Å². The number of hydrogen-bond donors (Lipinski definition) is 0. The number of non-ortho nitro benzene ring substituents is 1. The number of rotatable bonds is 4. The summed E-state index contributed by atoms with van der Waals surface area (Å²) < 4.78 is 14.6. The number of carbonyl (C=O) groups excluding carboxylic acids is 1. The normalized spacial score (nSPS) is 15.0. The summed E-state index contributed by atoms with van der Waals surface area (Å²) in [6.45, 7) is 2.46. The van der Waals surface area contributed by atoms with Gasteiger partial charge in [0.25, 0.3) is 11.6 Å². The molecule has 0 saturated carbocycles. The van der Waals surface area contributed by atoms with Crippen LogP contribution < -0.4 is 0 Å². The van der Waals surface area contributed by atoms with Gasteiger partial charge < -0.3 is 4.90 Å². The number of thiophene rings is 1. The van der Waals surface area contributed by atoms with Gasteiger partial charge in [0.1, 0.15) is 10.7 Å². The minimum atomic E-state index is -0.477. The van der Waals surface area contributed by atoms with Gasteiger partial charge in [-0.1, -0.05) is 29.3 Å². The molecule has 2 heterocycles. The molecule has 1 aromatic heterocycles. The maximum absolute atomic E-state index is 14.0. The molecule has 1 fully saturated rings. The molecule has 0 radical (unpaired) electrons. The quantitative estimate of drug-likeness (QED) is 0.389. The Kier molecular flexibility index (Phi) is 5.92. The Balaban J connectivity index is 1.47. The lowest BCUT2D eigenvalue weighted by atomic mass is 10.1. The Morgan fingerprint density at radius 2 is 1.90 bits per heavy atom. The second-order valence-electron chi connectivity index (χ2n) is 6.95. The number of halogens is 3. The van der Waals surface area contributed by atoms with Gasteiger partial charge >= 0.3 is 0 Å². The van der Waals surface area contributed by atoms with Crippen LogP contribution in [0, 0.1) is 15.9 Å². The molecule has 0 aliphatic carbocycles. The zero-order valence-electron chi connectivity index (χ0n) is 15.6. The first-order valence-corrected chi connectivity index (χ1v) is 10.7. The van der Waals surface area contributed by atoms with Crippen molar-refractivity contribution in [2.75, 3.05) is 26.2 Å². The lowest BCUT2D eigenvalue weighted by Gasteiger charge is -2.34. The number of piperazine rings is 1. The summed E-state index contributed by atoms with van der Waals surface area (Å²) in [4.78, 5) is 27.6. The van der Waals surface area contributed by atoms with Gasteiger partial charge in [-0.05, 0) is 18.2 Å². The van der Waals surface area contributed by atoms with E-state index in [2.05, 4.69) is 0 Å². The topological polar surface area (TPSA) is 66.7 Å². The fourth-order valence-electron chi connectivity index (χ4n) is 3.46. The number of nitro benzene ring substituents is 1. The first-order valence-electron chi connectivity index (χ1n) is 9.16. The van der Waals surface area contributed by atoms with E-state index >= 15 is 0 Å². The SMILES string of the molecule is O=C(c1sc2cc([N+](=O)[O-])ccc2c1Cl)N1CCN(Cc2c(F)cccc2Cl)CC1. The maximum atomic E-state index is 14.0. The fourth-order valence-corrected chi connectivity index (χ4v) is 5.20. The minimum absolute atomic E-state index is 0.0418. The molecular formula is C20H16Cl2FN3O3S. The van der Waals surface area contributed by atoms with E-state index < -0.39 is 4.92 Å². The molecule has 3 aromatic rings. The van der Waals surface area contributed by atoms with Crippen LogP contribution in [0.1, 0.15) is 15.2 Å². The van der Waals surface area contributed by atoms with Crippen molar-refractivity contribution < 1.29 is 14.1 Å². The first kappa shape index (κ1) is 21.0. The summed E-state index contributed by atoms with van der Waals surface area (Å²) in [5.41, 5.74) is 0.410. The Morgan fingerprint density at radius 3 is 2.57 bits per heavy atom. The van der Waals surface area contributed by atoms with Crippen LogP contribution in [0.4, 0.5) is 10.1 Å². The number of amides is 1. The number of hydrogen-bond acceptors (Lipinski definition) is 5. The van der Waals surface area contributed by atoms with Gasteiger partial charge in [0, 0.05) is 65.5 Å². The molecule has 0 unspecified atom stereocenters. The lowest BCUT2D eigenvalue weighted by molar-refractivity contribution is -0.384. The smallest absolute Gasteiger partial charge is 0.270 e. The van der Waals surface area contributed by atoms with Gasteiger partial charge in [-0.2, -0.15) is 0 Å². The average molecular weight is 468 g/mol. The van der Waals surface area contributed by atoms with Gasteiger partial charge in [0.05, 0.1) is 9.95 Å². The molecule has 0 bridgehead atoms.